The first-order valence-corrected chi connectivity index (χ1v) is 10.1. The second-order valence-electron chi connectivity index (χ2n) is 7.58. The van der Waals surface area contributed by atoms with Crippen molar-refractivity contribution in [2.24, 2.45) is 5.73 Å². The summed E-state index contributed by atoms with van der Waals surface area (Å²) in [4.78, 5) is 14.8. The summed E-state index contributed by atoms with van der Waals surface area (Å²) in [6.07, 6.45) is 5.06. The molecule has 0 bridgehead atoms. The van der Waals surface area contributed by atoms with E-state index in [0.717, 1.165) is 32.2 Å². The van der Waals surface area contributed by atoms with Crippen molar-refractivity contribution in [2.45, 2.75) is 44.1 Å². The first-order valence-electron chi connectivity index (χ1n) is 10.1. The molecule has 1 aliphatic carbocycles. The van der Waals surface area contributed by atoms with Crippen LogP contribution in [-0.2, 0) is 4.74 Å². The summed E-state index contributed by atoms with van der Waals surface area (Å²) in [5, 5.41) is 0. The zero-order valence-corrected chi connectivity index (χ0v) is 15.8. The van der Waals surface area contributed by atoms with Crippen LogP contribution in [0.1, 0.15) is 49.1 Å². The minimum absolute atomic E-state index is 0.119. The van der Waals surface area contributed by atoms with Crippen LogP contribution >= 0.6 is 0 Å². The third kappa shape index (κ3) is 3.59. The van der Waals surface area contributed by atoms with E-state index in [2.05, 4.69) is 48.5 Å². The standard InChI is InChI=1S/C23H28N2O2/c24-14-7-9-17-8-5-6-15-25(17)23(26)27-16-22-20-12-3-1-10-18(20)19-11-2-4-13-21(19)22/h1-4,10-13,17,22H,5-9,14-16,24H2. The molecule has 1 atom stereocenters. The fourth-order valence-electron chi connectivity index (χ4n) is 4.57. The molecule has 2 aromatic carbocycles. The Hall–Kier alpha value is -2.33. The predicted octanol–water partition coefficient (Wildman–Crippen LogP) is 4.53. The fourth-order valence-corrected chi connectivity index (χ4v) is 4.57. The molecule has 2 aromatic rings. The van der Waals surface area contributed by atoms with Crippen LogP contribution in [0.4, 0.5) is 4.79 Å². The minimum atomic E-state index is -0.168. The summed E-state index contributed by atoms with van der Waals surface area (Å²) >= 11 is 0. The number of amides is 1. The van der Waals surface area contributed by atoms with Crippen LogP contribution in [0.25, 0.3) is 11.1 Å². The summed E-state index contributed by atoms with van der Waals surface area (Å²) in [5.41, 5.74) is 10.7. The molecule has 1 amide bonds. The molecule has 1 heterocycles. The van der Waals surface area contributed by atoms with E-state index in [1.165, 1.54) is 28.7 Å². The van der Waals surface area contributed by atoms with E-state index in [9.17, 15) is 4.79 Å². The van der Waals surface area contributed by atoms with E-state index >= 15 is 0 Å². The Morgan fingerprint density at radius 1 is 1.04 bits per heavy atom. The van der Waals surface area contributed by atoms with E-state index in [1.807, 2.05) is 4.90 Å². The van der Waals surface area contributed by atoms with Gasteiger partial charge in [-0.05, 0) is 60.9 Å². The number of piperidine rings is 1. The van der Waals surface area contributed by atoms with Crippen molar-refractivity contribution in [2.75, 3.05) is 19.7 Å². The maximum atomic E-state index is 12.8. The number of hydrogen-bond donors (Lipinski definition) is 1. The van der Waals surface area contributed by atoms with Crippen LogP contribution in [-0.4, -0.2) is 36.7 Å². The van der Waals surface area contributed by atoms with Gasteiger partial charge in [-0.3, -0.25) is 0 Å². The van der Waals surface area contributed by atoms with Gasteiger partial charge in [0.2, 0.25) is 0 Å². The topological polar surface area (TPSA) is 55.6 Å². The number of rotatable bonds is 5. The van der Waals surface area contributed by atoms with Gasteiger partial charge in [0.1, 0.15) is 6.61 Å². The molecule has 4 nitrogen and oxygen atoms in total. The van der Waals surface area contributed by atoms with Gasteiger partial charge < -0.3 is 15.4 Å². The van der Waals surface area contributed by atoms with Gasteiger partial charge in [-0.2, -0.15) is 0 Å². The van der Waals surface area contributed by atoms with Crippen LogP contribution < -0.4 is 5.73 Å². The fraction of sp³-hybridized carbons (Fsp3) is 0.435. The Morgan fingerprint density at radius 2 is 1.70 bits per heavy atom. The molecule has 142 valence electrons. The number of likely N-dealkylation sites (tertiary alicyclic amines) is 1. The lowest BCUT2D eigenvalue weighted by Crippen LogP contribution is -2.44. The summed E-state index contributed by atoms with van der Waals surface area (Å²) in [7, 11) is 0. The summed E-state index contributed by atoms with van der Waals surface area (Å²) in [6.45, 7) is 1.87. The first kappa shape index (κ1) is 18.1. The van der Waals surface area contributed by atoms with E-state index in [1.54, 1.807) is 0 Å². The third-order valence-corrected chi connectivity index (χ3v) is 5.94. The molecule has 1 aliphatic heterocycles. The molecule has 1 saturated heterocycles. The maximum absolute atomic E-state index is 12.8. The van der Waals surface area contributed by atoms with Gasteiger partial charge in [0.15, 0.2) is 0 Å². The van der Waals surface area contributed by atoms with Crippen LogP contribution in [0.5, 0.6) is 0 Å². The molecule has 1 fully saturated rings. The Kier molecular flexibility index (Phi) is 5.44. The number of nitrogens with zero attached hydrogens (tertiary/aromatic N) is 1. The monoisotopic (exact) mass is 364 g/mol. The summed E-state index contributed by atoms with van der Waals surface area (Å²) in [5.74, 6) is 0.119. The predicted molar refractivity (Wildman–Crippen MR) is 108 cm³/mol. The van der Waals surface area contributed by atoms with Crippen molar-refractivity contribution in [3.63, 3.8) is 0 Å². The van der Waals surface area contributed by atoms with Crippen molar-refractivity contribution in [3.05, 3.63) is 59.7 Å². The number of fused-ring (bicyclic) bond motifs is 3. The van der Waals surface area contributed by atoms with Crippen LogP contribution in [0.15, 0.2) is 48.5 Å². The summed E-state index contributed by atoms with van der Waals surface area (Å²) in [6, 6.07) is 17.2. The highest BCUT2D eigenvalue weighted by Crippen LogP contribution is 2.44. The molecule has 0 saturated carbocycles. The molecule has 1 unspecified atom stereocenters. The van der Waals surface area contributed by atoms with Crippen molar-refractivity contribution in [1.82, 2.24) is 4.90 Å². The van der Waals surface area contributed by atoms with E-state index in [4.69, 9.17) is 10.5 Å². The van der Waals surface area contributed by atoms with E-state index in [0.29, 0.717) is 13.2 Å². The van der Waals surface area contributed by atoms with Crippen LogP contribution in [0.3, 0.4) is 0 Å². The first-order chi connectivity index (χ1) is 13.3. The molecule has 27 heavy (non-hydrogen) atoms. The molecular formula is C23H28N2O2. The van der Waals surface area contributed by atoms with Crippen molar-refractivity contribution in [1.29, 1.82) is 0 Å². The molecule has 2 aliphatic rings. The summed E-state index contributed by atoms with van der Waals surface area (Å²) < 4.78 is 5.85. The Labute approximate surface area is 161 Å². The normalized spacial score (nSPS) is 18.9. The zero-order chi connectivity index (χ0) is 18.6. The quantitative estimate of drug-likeness (QED) is 0.848. The smallest absolute Gasteiger partial charge is 0.410 e. The van der Waals surface area contributed by atoms with Crippen molar-refractivity contribution >= 4 is 6.09 Å². The number of ether oxygens (including phenoxy) is 1. The van der Waals surface area contributed by atoms with Gasteiger partial charge in [-0.25, -0.2) is 4.79 Å². The molecule has 0 spiro atoms. The molecule has 0 aromatic heterocycles. The lowest BCUT2D eigenvalue weighted by atomic mass is 9.98. The van der Waals surface area contributed by atoms with Crippen molar-refractivity contribution < 1.29 is 9.53 Å². The molecule has 4 heteroatoms. The Bertz CT molecular complexity index is 759. The second kappa shape index (κ2) is 8.13. The van der Waals surface area contributed by atoms with E-state index < -0.39 is 0 Å². The zero-order valence-electron chi connectivity index (χ0n) is 15.8. The van der Waals surface area contributed by atoms with Crippen LogP contribution in [0.2, 0.25) is 0 Å². The van der Waals surface area contributed by atoms with Crippen molar-refractivity contribution in [3.8, 4) is 11.1 Å². The van der Waals surface area contributed by atoms with E-state index in [-0.39, 0.29) is 18.1 Å². The largest absolute Gasteiger partial charge is 0.448 e. The lowest BCUT2D eigenvalue weighted by Gasteiger charge is -2.35. The number of nitrogens with two attached hydrogens (primary N) is 1. The number of benzene rings is 2. The highest BCUT2D eigenvalue weighted by molar-refractivity contribution is 5.79. The molecule has 0 radical (unpaired) electrons. The number of hydrogen-bond acceptors (Lipinski definition) is 3. The highest BCUT2D eigenvalue weighted by atomic mass is 16.6. The third-order valence-electron chi connectivity index (χ3n) is 5.94. The molecule has 4 rings (SSSR count). The Morgan fingerprint density at radius 3 is 2.37 bits per heavy atom. The van der Waals surface area contributed by atoms with Gasteiger partial charge in [0, 0.05) is 18.5 Å². The number of carbonyl (C=O) groups excluding carboxylic acids is 1. The average molecular weight is 364 g/mol. The minimum Gasteiger partial charge on any atom is -0.448 e. The maximum Gasteiger partial charge on any atom is 0.410 e. The molecule has 2 N–H and O–H groups in total. The van der Waals surface area contributed by atoms with Gasteiger partial charge >= 0.3 is 6.09 Å². The average Bonchev–Trinajstić information content (AvgIpc) is 3.04. The van der Waals surface area contributed by atoms with Crippen LogP contribution in [0, 0.1) is 0 Å². The van der Waals surface area contributed by atoms with Gasteiger partial charge in [-0.15, -0.1) is 0 Å². The lowest BCUT2D eigenvalue weighted by molar-refractivity contribution is 0.0687. The van der Waals surface area contributed by atoms with Gasteiger partial charge in [0.25, 0.3) is 0 Å². The SMILES string of the molecule is NCCCC1CCCCN1C(=O)OCC1c2ccccc2-c2ccccc21. The van der Waals surface area contributed by atoms with Gasteiger partial charge in [0.05, 0.1) is 0 Å². The second-order valence-corrected chi connectivity index (χ2v) is 7.58. The van der Waals surface area contributed by atoms with Gasteiger partial charge in [-0.1, -0.05) is 48.5 Å². The highest BCUT2D eigenvalue weighted by Gasteiger charge is 2.31. The molecular weight excluding hydrogens is 336 g/mol. The Balaban J connectivity index is 1.47. The number of carbonyl (C=O) groups is 1.